The van der Waals surface area contributed by atoms with Crippen molar-refractivity contribution in [1.29, 1.82) is 0 Å². The molecule has 0 radical (unpaired) electrons. The Kier molecular flexibility index (Phi) is 19.7. The molecular weight excluding hydrogens is 1050 g/mol. The average molecular weight is 1140 g/mol. The summed E-state index contributed by atoms with van der Waals surface area (Å²) in [5.41, 5.74) is 3.62. The van der Waals surface area contributed by atoms with Crippen LogP contribution in [-0.4, -0.2) is 96.1 Å². The monoisotopic (exact) mass is 1140 g/mol. The van der Waals surface area contributed by atoms with E-state index in [1.54, 1.807) is 6.92 Å². The normalized spacial score (nSPS) is 30.1. The van der Waals surface area contributed by atoms with E-state index >= 15 is 0 Å². The van der Waals surface area contributed by atoms with Gasteiger partial charge in [-0.2, -0.15) is 0 Å². The summed E-state index contributed by atoms with van der Waals surface area (Å²) in [6, 6.07) is 19.7. The van der Waals surface area contributed by atoms with E-state index in [0.717, 1.165) is 71.9 Å². The molecule has 0 amide bonds. The molecule has 10 atom stereocenters. The van der Waals surface area contributed by atoms with E-state index in [2.05, 4.69) is 25.4 Å². The van der Waals surface area contributed by atoms with Crippen molar-refractivity contribution in [3.63, 3.8) is 0 Å². The number of ketones is 1. The molecule has 0 spiro atoms. The van der Waals surface area contributed by atoms with E-state index in [0.29, 0.717) is 67.3 Å². The summed E-state index contributed by atoms with van der Waals surface area (Å²) in [6.45, 7) is 4.23. The van der Waals surface area contributed by atoms with Gasteiger partial charge in [0.25, 0.3) is 11.1 Å². The predicted octanol–water partition coefficient (Wildman–Crippen LogP) is 11.3. The number of hydrogen-bond acceptors (Lipinski definition) is 14. The Morgan fingerprint density at radius 3 is 1.39 bits per heavy atom. The van der Waals surface area contributed by atoms with E-state index in [1.165, 1.54) is 122 Å². The van der Waals surface area contributed by atoms with Crippen molar-refractivity contribution in [1.82, 2.24) is 28.9 Å². The van der Waals surface area contributed by atoms with Gasteiger partial charge in [0, 0.05) is 61.2 Å². The van der Waals surface area contributed by atoms with Crippen LogP contribution in [0.4, 0.5) is 0 Å². The number of para-hydroxylation sites is 4. The number of carbonyl (C=O) groups is 3. The molecule has 4 saturated carbocycles. The molecule has 8 fully saturated rings. The molecule has 0 N–H and O–H groups in total. The molecule has 2 aromatic heterocycles. The van der Waals surface area contributed by atoms with Gasteiger partial charge in [-0.3, -0.25) is 33.8 Å². The Morgan fingerprint density at radius 1 is 0.487 bits per heavy atom. The van der Waals surface area contributed by atoms with E-state index in [1.807, 2.05) is 54.0 Å². The molecule has 8 bridgehead atoms. The summed E-state index contributed by atoms with van der Waals surface area (Å²) in [4.78, 5) is 79.7. The van der Waals surface area contributed by atoms with Crippen molar-refractivity contribution in [2.24, 2.45) is 23.7 Å². The van der Waals surface area contributed by atoms with E-state index in [4.69, 9.17) is 25.9 Å². The van der Waals surface area contributed by atoms with Crippen LogP contribution < -0.4 is 11.1 Å². The third kappa shape index (κ3) is 13.6. The van der Waals surface area contributed by atoms with E-state index in [9.17, 15) is 24.0 Å². The first kappa shape index (κ1) is 58.4. The second kappa shape index (κ2) is 27.1. The van der Waals surface area contributed by atoms with Crippen LogP contribution in [0.1, 0.15) is 215 Å². The molecule has 12 rings (SSSR count). The second-order valence-corrected chi connectivity index (χ2v) is 25.6. The zero-order valence-corrected chi connectivity index (χ0v) is 48.7. The Labute approximate surface area is 475 Å². The maximum absolute atomic E-state index is 13.9. The van der Waals surface area contributed by atoms with Gasteiger partial charge in [0.15, 0.2) is 11.5 Å². The van der Waals surface area contributed by atoms with Gasteiger partial charge in [0.05, 0.1) is 41.7 Å². The quantitative estimate of drug-likeness (QED) is 0.0853. The number of ether oxygens (including phenoxy) is 2. The van der Waals surface area contributed by atoms with Crippen LogP contribution in [0.5, 0.6) is 0 Å². The number of aromatic nitrogens is 4. The van der Waals surface area contributed by atoms with Crippen molar-refractivity contribution < 1.29 is 49.2 Å². The molecule has 80 heavy (non-hydrogen) atoms. The van der Waals surface area contributed by atoms with Crippen LogP contribution in [0.25, 0.3) is 22.1 Å². The minimum atomic E-state index is -3.79. The first-order chi connectivity index (χ1) is 38.8. The van der Waals surface area contributed by atoms with E-state index in [-0.39, 0.29) is 60.1 Å². The summed E-state index contributed by atoms with van der Waals surface area (Å²) in [5, 5.41) is 0. The van der Waals surface area contributed by atoms with Crippen molar-refractivity contribution in [3.8, 4) is 0 Å². The third-order valence-electron chi connectivity index (χ3n) is 19.9. The van der Waals surface area contributed by atoms with Gasteiger partial charge < -0.3 is 18.6 Å². The van der Waals surface area contributed by atoms with Crippen LogP contribution in [0.2, 0.25) is 0 Å². The molecule has 434 valence electrons. The van der Waals surface area contributed by atoms with Crippen LogP contribution in [0.15, 0.2) is 58.1 Å². The first-order valence-corrected chi connectivity index (χ1v) is 32.6. The number of esters is 2. The molecule has 17 heteroatoms. The average Bonchev–Trinajstić information content (AvgIpc) is 3.56. The topological polar surface area (TPSA) is 197 Å². The second-order valence-electron chi connectivity index (χ2n) is 25.0. The fourth-order valence-electron chi connectivity index (χ4n) is 17.0. The Morgan fingerprint density at radius 2 is 0.912 bits per heavy atom. The molecule has 6 unspecified atom stereocenters. The number of piperidine rings is 3. The molecule has 4 saturated heterocycles. The minimum absolute atomic E-state index is 0.0352. The van der Waals surface area contributed by atoms with Crippen LogP contribution >= 0.6 is 0 Å². The van der Waals surface area contributed by atoms with Gasteiger partial charge in [-0.1, -0.05) is 82.1 Å². The molecule has 8 aliphatic rings. The predicted molar refractivity (Wildman–Crippen MR) is 298 cm³/mol. The SMILES string of the molecule is CCOC(=O)CCC(=O)c1nc2ccccc2n(C2C[C@H]3CC[C@@H](C2)N3C2CC3CCCCC(C3)C2)c1=O.CCOC(=O)CCCc1nc2ccccc2n(C2C[C@H]3CCC[C@@H](C2)N3C2CC3CCCCC(C3)C2)c1=O.[O]=[Cr](=[O])=[O]. The van der Waals surface area contributed by atoms with E-state index < -0.39 is 19.9 Å². The van der Waals surface area contributed by atoms with Gasteiger partial charge in [0.2, 0.25) is 0 Å². The number of rotatable bonds is 14. The fraction of sp³-hybridized carbons (Fsp3) is 0.698. The number of nitrogens with zero attached hydrogens (tertiary/aromatic N) is 6. The number of benzene rings is 2. The molecule has 4 aliphatic carbocycles. The molecule has 4 aliphatic heterocycles. The summed E-state index contributed by atoms with van der Waals surface area (Å²) < 4.78 is 39.7. The van der Waals surface area contributed by atoms with Gasteiger partial charge >= 0.3 is 37.3 Å². The zero-order chi connectivity index (χ0) is 55.9. The van der Waals surface area contributed by atoms with Crippen molar-refractivity contribution in [2.75, 3.05) is 13.2 Å². The maximum atomic E-state index is 13.9. The summed E-state index contributed by atoms with van der Waals surface area (Å²) >= 11 is -3.79. The Bertz CT molecular complexity index is 3010. The molecule has 4 aromatic rings. The van der Waals surface area contributed by atoms with Gasteiger partial charge in [-0.15, -0.1) is 0 Å². The van der Waals surface area contributed by atoms with Crippen LogP contribution in [0, 0.1) is 23.7 Å². The fourth-order valence-corrected chi connectivity index (χ4v) is 17.0. The molecule has 16 nitrogen and oxygen atoms in total. The summed E-state index contributed by atoms with van der Waals surface area (Å²) in [7, 11) is 0. The number of hydrogen-bond donors (Lipinski definition) is 0. The zero-order valence-electron chi connectivity index (χ0n) is 47.4. The number of Topliss-reactive ketones (excluding diaryl/α,β-unsaturated/α-hetero) is 1. The number of aryl methyl sites for hydroxylation is 1. The van der Waals surface area contributed by atoms with Crippen molar-refractivity contribution in [2.45, 2.75) is 242 Å². The molecule has 2 aromatic carbocycles. The summed E-state index contributed by atoms with van der Waals surface area (Å²) in [6.07, 6.45) is 31.4. The van der Waals surface area contributed by atoms with Crippen LogP contribution in [0.3, 0.4) is 0 Å². The third-order valence-corrected chi connectivity index (χ3v) is 19.9. The van der Waals surface area contributed by atoms with Gasteiger partial charge in [-0.05, 0) is 165 Å². The van der Waals surface area contributed by atoms with Crippen molar-refractivity contribution >= 4 is 39.8 Å². The summed E-state index contributed by atoms with van der Waals surface area (Å²) in [5.74, 6) is 2.66. The Balaban J connectivity index is 0.000000169. The Hall–Kier alpha value is -4.82. The van der Waals surface area contributed by atoms with Crippen molar-refractivity contribution in [3.05, 3.63) is 80.6 Å². The molecule has 6 heterocycles. The standard InChI is InChI=1S/C32H45N3O3.C31H41N3O4.Cr.3O/c1-2-38-31(36)16-8-14-29-32(37)35(30-15-6-5-13-28(30)33-29)27-20-24-11-7-12-25(21-27)34(24)26-18-22-9-3-4-10-23(17-22)19-26;1-2-38-29(36)14-13-28(35)30-31(37)34(27-10-6-5-9-26(27)32-30)25-18-22-11-12-23(19-25)33(22)24-16-20-7-3-4-8-21(15-20)17-24;;;;/h5-6,13,15,22-27H,2-4,7-12,14,16-21H2,1H3;5-6,9-10,20-25H,2-4,7-8,11-19H2,1H3;;;;/t22?,23?,24-,25+,26?,27?;20?,21?,22-,23+,24?,25?;;;;. The molecular formula is C63H86CrN6O10. The van der Waals surface area contributed by atoms with Gasteiger partial charge in [0.1, 0.15) is 5.69 Å². The van der Waals surface area contributed by atoms with Crippen LogP contribution in [-0.2, 0) is 50.8 Å². The van der Waals surface area contributed by atoms with Gasteiger partial charge in [-0.25, -0.2) is 9.97 Å². The number of fused-ring (bicyclic) bond motifs is 10. The number of carbonyl (C=O) groups excluding carboxylic acids is 3. The first-order valence-electron chi connectivity index (χ1n) is 31.0.